The van der Waals surface area contributed by atoms with Crippen LogP contribution < -0.4 is 15.8 Å². The van der Waals surface area contributed by atoms with Crippen molar-refractivity contribution in [3.05, 3.63) is 34.9 Å². The summed E-state index contributed by atoms with van der Waals surface area (Å²) in [6, 6.07) is 5.72. The molecule has 4 rings (SSSR count). The van der Waals surface area contributed by atoms with Gasteiger partial charge < -0.3 is 24.4 Å². The van der Waals surface area contributed by atoms with Gasteiger partial charge in [-0.1, -0.05) is 0 Å². The number of hydrogen-bond donors (Lipinski definition) is 1. The van der Waals surface area contributed by atoms with E-state index >= 15 is 0 Å². The van der Waals surface area contributed by atoms with Crippen molar-refractivity contribution in [1.29, 1.82) is 0 Å². The molecule has 27 heavy (non-hydrogen) atoms. The lowest BCUT2D eigenvalue weighted by molar-refractivity contribution is 0.108. The highest BCUT2D eigenvalue weighted by atomic mass is 16.5. The third-order valence-corrected chi connectivity index (χ3v) is 5.34. The Morgan fingerprint density at radius 3 is 2.85 bits per heavy atom. The molecule has 2 saturated heterocycles. The van der Waals surface area contributed by atoms with Gasteiger partial charge in [0.15, 0.2) is 0 Å². The minimum absolute atomic E-state index is 0.0196. The van der Waals surface area contributed by atoms with E-state index in [1.54, 1.807) is 13.4 Å². The van der Waals surface area contributed by atoms with Crippen LogP contribution in [0.5, 0.6) is 0 Å². The summed E-state index contributed by atoms with van der Waals surface area (Å²) < 4.78 is 7.03. The number of piperazine rings is 1. The number of hydrogen-bond acceptors (Lipinski definition) is 5. The maximum absolute atomic E-state index is 12.3. The first-order valence-electron chi connectivity index (χ1n) is 9.46. The van der Waals surface area contributed by atoms with E-state index in [0.29, 0.717) is 30.5 Å². The minimum Gasteiger partial charge on any atom is -0.376 e. The Morgan fingerprint density at radius 1 is 1.30 bits per heavy atom. The van der Waals surface area contributed by atoms with Crippen molar-refractivity contribution in [2.45, 2.75) is 18.9 Å². The van der Waals surface area contributed by atoms with Gasteiger partial charge >= 0.3 is 6.03 Å². The number of carbonyl (C=O) groups excluding carboxylic acids is 1. The van der Waals surface area contributed by atoms with Crippen LogP contribution in [0.3, 0.4) is 0 Å². The van der Waals surface area contributed by atoms with E-state index < -0.39 is 0 Å². The molecular weight excluding hydrogens is 346 g/mol. The molecule has 1 aromatic heterocycles. The number of urea groups is 1. The van der Waals surface area contributed by atoms with Crippen LogP contribution >= 0.6 is 0 Å². The van der Waals surface area contributed by atoms with Crippen molar-refractivity contribution in [1.82, 2.24) is 19.8 Å². The molecule has 8 nitrogen and oxygen atoms in total. The summed E-state index contributed by atoms with van der Waals surface area (Å²) in [6.07, 6.45) is 3.80. The molecule has 3 heterocycles. The van der Waals surface area contributed by atoms with Gasteiger partial charge in [0.05, 0.1) is 23.3 Å². The molecule has 1 unspecified atom stereocenters. The minimum atomic E-state index is -0.0423. The lowest BCUT2D eigenvalue weighted by Crippen LogP contribution is -2.52. The molecule has 144 valence electrons. The SMILES string of the molecule is Cn1cnc2cc(N3CCN(C(=O)NCC4CCCO4)CC3)ccc2c1=O. The zero-order valence-corrected chi connectivity index (χ0v) is 15.6. The van der Waals surface area contributed by atoms with Crippen molar-refractivity contribution in [3.8, 4) is 0 Å². The Balaban J connectivity index is 1.36. The summed E-state index contributed by atoms with van der Waals surface area (Å²) >= 11 is 0. The topological polar surface area (TPSA) is 79.7 Å². The second-order valence-electron chi connectivity index (χ2n) is 7.16. The van der Waals surface area contributed by atoms with Crippen molar-refractivity contribution in [2.24, 2.45) is 7.05 Å². The molecular formula is C19H25N5O3. The fraction of sp³-hybridized carbons (Fsp3) is 0.526. The second kappa shape index (κ2) is 7.56. The molecule has 1 aromatic carbocycles. The fourth-order valence-electron chi connectivity index (χ4n) is 3.68. The number of rotatable bonds is 3. The van der Waals surface area contributed by atoms with Crippen LogP contribution in [-0.2, 0) is 11.8 Å². The molecule has 0 spiro atoms. The Hall–Kier alpha value is -2.61. The van der Waals surface area contributed by atoms with Crippen molar-refractivity contribution >= 4 is 22.6 Å². The Labute approximate surface area is 157 Å². The molecule has 0 saturated carbocycles. The quantitative estimate of drug-likeness (QED) is 0.869. The van der Waals surface area contributed by atoms with E-state index in [1.807, 2.05) is 23.1 Å². The predicted molar refractivity (Wildman–Crippen MR) is 103 cm³/mol. The number of ether oxygens (including phenoxy) is 1. The van der Waals surface area contributed by atoms with Crippen LogP contribution in [0.4, 0.5) is 10.5 Å². The van der Waals surface area contributed by atoms with Gasteiger partial charge in [-0.05, 0) is 31.0 Å². The zero-order valence-electron chi connectivity index (χ0n) is 15.6. The highest BCUT2D eigenvalue weighted by Crippen LogP contribution is 2.20. The highest BCUT2D eigenvalue weighted by Gasteiger charge is 2.23. The highest BCUT2D eigenvalue weighted by molar-refractivity contribution is 5.81. The largest absolute Gasteiger partial charge is 0.376 e. The fourth-order valence-corrected chi connectivity index (χ4v) is 3.68. The first-order chi connectivity index (χ1) is 13.1. The number of benzene rings is 1. The standard InChI is InChI=1S/C19H25N5O3/c1-22-13-21-17-11-14(4-5-16(17)18(22)25)23-6-8-24(9-7-23)19(26)20-12-15-3-2-10-27-15/h4-5,11,13,15H,2-3,6-10,12H2,1H3,(H,20,26). The number of anilines is 1. The summed E-state index contributed by atoms with van der Waals surface area (Å²) in [4.78, 5) is 32.9. The second-order valence-corrected chi connectivity index (χ2v) is 7.16. The van der Waals surface area contributed by atoms with E-state index in [2.05, 4.69) is 15.2 Å². The summed E-state index contributed by atoms with van der Waals surface area (Å²) in [6.45, 7) is 4.22. The average Bonchev–Trinajstić information content (AvgIpc) is 3.22. The number of nitrogens with one attached hydrogen (secondary N) is 1. The first-order valence-corrected chi connectivity index (χ1v) is 9.46. The lowest BCUT2D eigenvalue weighted by Gasteiger charge is -2.36. The first kappa shape index (κ1) is 17.8. The van der Waals surface area contributed by atoms with Gasteiger partial charge in [-0.25, -0.2) is 9.78 Å². The third kappa shape index (κ3) is 3.75. The van der Waals surface area contributed by atoms with Gasteiger partial charge in [0, 0.05) is 52.1 Å². The smallest absolute Gasteiger partial charge is 0.317 e. The number of fused-ring (bicyclic) bond motifs is 1. The number of aryl methyl sites for hydroxylation is 1. The molecule has 0 radical (unpaired) electrons. The van der Waals surface area contributed by atoms with Gasteiger partial charge in [-0.2, -0.15) is 0 Å². The Bertz CT molecular complexity index is 883. The molecule has 2 aliphatic rings. The van der Waals surface area contributed by atoms with E-state index in [1.165, 1.54) is 4.57 Å². The van der Waals surface area contributed by atoms with Gasteiger partial charge in [-0.15, -0.1) is 0 Å². The molecule has 1 N–H and O–H groups in total. The van der Waals surface area contributed by atoms with Crippen LogP contribution in [0.25, 0.3) is 10.9 Å². The Kier molecular flexibility index (Phi) is 4.98. The van der Waals surface area contributed by atoms with Crippen LogP contribution in [0.15, 0.2) is 29.3 Å². The van der Waals surface area contributed by atoms with Gasteiger partial charge in [0.25, 0.3) is 5.56 Å². The van der Waals surface area contributed by atoms with Gasteiger partial charge in [0.2, 0.25) is 0 Å². The monoisotopic (exact) mass is 371 g/mol. The molecule has 1 atom stereocenters. The number of aromatic nitrogens is 2. The van der Waals surface area contributed by atoms with E-state index in [4.69, 9.17) is 4.74 Å². The molecule has 2 aliphatic heterocycles. The van der Waals surface area contributed by atoms with Crippen LogP contribution in [-0.4, -0.2) is 65.9 Å². The summed E-state index contributed by atoms with van der Waals surface area (Å²) in [5.74, 6) is 0. The van der Waals surface area contributed by atoms with Crippen molar-refractivity contribution in [3.63, 3.8) is 0 Å². The zero-order chi connectivity index (χ0) is 18.8. The Morgan fingerprint density at radius 2 is 2.11 bits per heavy atom. The van der Waals surface area contributed by atoms with Crippen LogP contribution in [0.2, 0.25) is 0 Å². The molecule has 8 heteroatoms. The van der Waals surface area contributed by atoms with Crippen LogP contribution in [0.1, 0.15) is 12.8 Å². The third-order valence-electron chi connectivity index (χ3n) is 5.34. The van der Waals surface area contributed by atoms with E-state index in [9.17, 15) is 9.59 Å². The maximum atomic E-state index is 12.3. The van der Waals surface area contributed by atoms with Crippen LogP contribution in [0, 0.1) is 0 Å². The van der Waals surface area contributed by atoms with Gasteiger partial charge in [-0.3, -0.25) is 4.79 Å². The predicted octanol–water partition coefficient (Wildman–Crippen LogP) is 0.944. The van der Waals surface area contributed by atoms with Crippen molar-refractivity contribution < 1.29 is 9.53 Å². The van der Waals surface area contributed by atoms with Gasteiger partial charge in [0.1, 0.15) is 0 Å². The lowest BCUT2D eigenvalue weighted by atomic mass is 10.2. The van der Waals surface area contributed by atoms with E-state index in [-0.39, 0.29) is 17.7 Å². The molecule has 0 bridgehead atoms. The number of amides is 2. The maximum Gasteiger partial charge on any atom is 0.317 e. The number of nitrogens with zero attached hydrogens (tertiary/aromatic N) is 4. The molecule has 2 amide bonds. The summed E-state index contributed by atoms with van der Waals surface area (Å²) in [7, 11) is 1.70. The van der Waals surface area contributed by atoms with E-state index in [0.717, 1.165) is 38.2 Å². The van der Waals surface area contributed by atoms with Crippen molar-refractivity contribution in [2.75, 3.05) is 44.2 Å². The normalized spacial score (nSPS) is 20.3. The molecule has 0 aliphatic carbocycles. The summed E-state index contributed by atoms with van der Waals surface area (Å²) in [5.41, 5.74) is 1.69. The molecule has 2 aromatic rings. The molecule has 2 fully saturated rings. The summed E-state index contributed by atoms with van der Waals surface area (Å²) in [5, 5.41) is 3.60. The number of carbonyl (C=O) groups is 1. The average molecular weight is 371 g/mol.